The number of hydrogen-bond donors (Lipinski definition) is 1. The Kier molecular flexibility index (Phi) is 3.76. The van der Waals surface area contributed by atoms with Crippen LogP contribution in [0.25, 0.3) is 0 Å². The standard InChI is InChI=1S/C10H18OSi/c1-10(2,11)8-6-7-9-12(3,4)5/h7,9,11H,1-5H3/b9-7+. The minimum absolute atomic E-state index is 0.871. The van der Waals surface area contributed by atoms with E-state index in [9.17, 15) is 5.11 Å². The van der Waals surface area contributed by atoms with E-state index in [1.54, 1.807) is 13.8 Å². The Balaban J connectivity index is 4.13. The third-order valence-corrected chi connectivity index (χ3v) is 2.21. The second-order valence-corrected chi connectivity index (χ2v) is 9.59. The first-order chi connectivity index (χ1) is 5.21. The van der Waals surface area contributed by atoms with Gasteiger partial charge in [-0.05, 0) is 19.9 Å². The molecule has 0 atom stereocenters. The quantitative estimate of drug-likeness (QED) is 0.487. The van der Waals surface area contributed by atoms with Crippen molar-refractivity contribution in [2.24, 2.45) is 0 Å². The van der Waals surface area contributed by atoms with E-state index < -0.39 is 13.7 Å². The zero-order valence-corrected chi connectivity index (χ0v) is 9.60. The molecule has 0 aromatic heterocycles. The number of aliphatic hydroxyl groups is 1. The Hall–Kier alpha value is -0.523. The molecule has 0 bridgehead atoms. The number of allylic oxidation sites excluding steroid dienone is 1. The molecular formula is C10H18OSi. The number of rotatable bonds is 1. The summed E-state index contributed by atoms with van der Waals surface area (Å²) in [6.07, 6.45) is 1.85. The van der Waals surface area contributed by atoms with Crippen LogP contribution in [0, 0.1) is 11.8 Å². The highest BCUT2D eigenvalue weighted by Crippen LogP contribution is 2.01. The van der Waals surface area contributed by atoms with E-state index in [1.807, 2.05) is 6.08 Å². The summed E-state index contributed by atoms with van der Waals surface area (Å²) in [6.45, 7) is 10.1. The van der Waals surface area contributed by atoms with Gasteiger partial charge in [-0.1, -0.05) is 37.2 Å². The highest BCUT2D eigenvalue weighted by molar-refractivity contribution is 6.81. The summed E-state index contributed by atoms with van der Waals surface area (Å²) in [5, 5.41) is 9.25. The Morgan fingerprint density at radius 1 is 1.25 bits per heavy atom. The maximum Gasteiger partial charge on any atom is 0.120 e. The molecule has 0 aliphatic rings. The zero-order valence-electron chi connectivity index (χ0n) is 8.60. The topological polar surface area (TPSA) is 20.2 Å². The second-order valence-electron chi connectivity index (χ2n) is 4.53. The van der Waals surface area contributed by atoms with E-state index in [4.69, 9.17) is 0 Å². The summed E-state index contributed by atoms with van der Waals surface area (Å²) >= 11 is 0. The minimum atomic E-state index is -1.12. The third-order valence-electron chi connectivity index (χ3n) is 1.04. The molecule has 1 N–H and O–H groups in total. The van der Waals surface area contributed by atoms with E-state index in [0.29, 0.717) is 0 Å². The predicted molar refractivity (Wildman–Crippen MR) is 56.6 cm³/mol. The van der Waals surface area contributed by atoms with Crippen molar-refractivity contribution in [2.75, 3.05) is 0 Å². The fraction of sp³-hybridized carbons (Fsp3) is 0.600. The van der Waals surface area contributed by atoms with Crippen molar-refractivity contribution in [3.05, 3.63) is 11.8 Å². The fourth-order valence-electron chi connectivity index (χ4n) is 0.510. The summed E-state index contributed by atoms with van der Waals surface area (Å²) in [7, 11) is -1.12. The zero-order chi connectivity index (χ0) is 9.83. The van der Waals surface area contributed by atoms with Gasteiger partial charge in [0.05, 0.1) is 8.07 Å². The van der Waals surface area contributed by atoms with Gasteiger partial charge in [-0.3, -0.25) is 0 Å². The molecule has 1 nitrogen and oxygen atoms in total. The van der Waals surface area contributed by atoms with Crippen LogP contribution < -0.4 is 0 Å². The van der Waals surface area contributed by atoms with Crippen LogP contribution >= 0.6 is 0 Å². The van der Waals surface area contributed by atoms with Crippen molar-refractivity contribution in [3.8, 4) is 11.8 Å². The second kappa shape index (κ2) is 3.93. The summed E-state index contributed by atoms with van der Waals surface area (Å²) < 4.78 is 0. The predicted octanol–water partition coefficient (Wildman–Crippen LogP) is 2.19. The first kappa shape index (κ1) is 11.5. The van der Waals surface area contributed by atoms with Crippen LogP contribution in [0.4, 0.5) is 0 Å². The van der Waals surface area contributed by atoms with Gasteiger partial charge in [0.2, 0.25) is 0 Å². The lowest BCUT2D eigenvalue weighted by Crippen LogP contribution is -2.15. The molecule has 12 heavy (non-hydrogen) atoms. The van der Waals surface area contributed by atoms with Crippen molar-refractivity contribution in [2.45, 2.75) is 39.1 Å². The van der Waals surface area contributed by atoms with Crippen LogP contribution in [-0.4, -0.2) is 18.8 Å². The summed E-state index contributed by atoms with van der Waals surface area (Å²) in [5.41, 5.74) is 1.29. The van der Waals surface area contributed by atoms with Gasteiger partial charge < -0.3 is 5.11 Å². The van der Waals surface area contributed by atoms with Gasteiger partial charge in [0.25, 0.3) is 0 Å². The molecule has 0 aliphatic carbocycles. The van der Waals surface area contributed by atoms with Gasteiger partial charge in [0, 0.05) is 0 Å². The monoisotopic (exact) mass is 182 g/mol. The summed E-state index contributed by atoms with van der Waals surface area (Å²) in [6, 6.07) is 0. The van der Waals surface area contributed by atoms with E-state index in [0.717, 1.165) is 0 Å². The Morgan fingerprint density at radius 3 is 2.08 bits per heavy atom. The van der Waals surface area contributed by atoms with E-state index >= 15 is 0 Å². The summed E-state index contributed by atoms with van der Waals surface area (Å²) in [5.74, 6) is 5.57. The highest BCUT2D eigenvalue weighted by atomic mass is 28.3. The van der Waals surface area contributed by atoms with E-state index in [2.05, 4.69) is 37.2 Å². The summed E-state index contributed by atoms with van der Waals surface area (Å²) in [4.78, 5) is 0. The molecule has 0 heterocycles. The van der Waals surface area contributed by atoms with Crippen LogP contribution in [-0.2, 0) is 0 Å². The lowest BCUT2D eigenvalue weighted by molar-refractivity contribution is 0.143. The minimum Gasteiger partial charge on any atom is -0.378 e. The molecule has 0 unspecified atom stereocenters. The van der Waals surface area contributed by atoms with Gasteiger partial charge in [-0.15, -0.1) is 0 Å². The van der Waals surface area contributed by atoms with Crippen molar-refractivity contribution in [1.29, 1.82) is 0 Å². The first-order valence-electron chi connectivity index (χ1n) is 4.13. The maximum absolute atomic E-state index is 9.25. The van der Waals surface area contributed by atoms with Crippen LogP contribution in [0.15, 0.2) is 11.8 Å². The lowest BCUT2D eigenvalue weighted by atomic mass is 10.1. The van der Waals surface area contributed by atoms with Gasteiger partial charge in [-0.2, -0.15) is 0 Å². The molecule has 0 radical (unpaired) electrons. The molecular weight excluding hydrogens is 164 g/mol. The molecule has 0 amide bonds. The lowest BCUT2D eigenvalue weighted by Gasteiger charge is -2.07. The largest absolute Gasteiger partial charge is 0.378 e. The molecule has 0 fully saturated rings. The SMILES string of the molecule is CC(C)(O)C#C/C=C/[Si](C)(C)C. The van der Waals surface area contributed by atoms with Crippen LogP contribution in [0.2, 0.25) is 19.6 Å². The van der Waals surface area contributed by atoms with Crippen molar-refractivity contribution in [3.63, 3.8) is 0 Å². The van der Waals surface area contributed by atoms with Crippen LogP contribution in [0.1, 0.15) is 13.8 Å². The van der Waals surface area contributed by atoms with E-state index in [1.165, 1.54) is 0 Å². The van der Waals surface area contributed by atoms with Gasteiger partial charge >= 0.3 is 0 Å². The van der Waals surface area contributed by atoms with Gasteiger partial charge in [0.15, 0.2) is 0 Å². The average molecular weight is 182 g/mol. The van der Waals surface area contributed by atoms with Crippen molar-refractivity contribution >= 4 is 8.07 Å². The molecule has 0 aliphatic heterocycles. The Morgan fingerprint density at radius 2 is 1.75 bits per heavy atom. The van der Waals surface area contributed by atoms with E-state index in [-0.39, 0.29) is 0 Å². The average Bonchev–Trinajstić information content (AvgIpc) is 1.76. The van der Waals surface area contributed by atoms with Crippen LogP contribution in [0.5, 0.6) is 0 Å². The Labute approximate surface area is 76.5 Å². The molecule has 0 rings (SSSR count). The van der Waals surface area contributed by atoms with Crippen molar-refractivity contribution < 1.29 is 5.11 Å². The molecule has 0 aromatic carbocycles. The molecule has 0 saturated carbocycles. The normalized spacial score (nSPS) is 12.8. The van der Waals surface area contributed by atoms with Crippen LogP contribution in [0.3, 0.4) is 0 Å². The molecule has 68 valence electrons. The Bertz CT molecular complexity index is 217. The smallest absolute Gasteiger partial charge is 0.120 e. The molecule has 0 aromatic rings. The molecule has 0 saturated heterocycles. The number of hydrogen-bond acceptors (Lipinski definition) is 1. The fourth-order valence-corrected chi connectivity index (χ4v) is 1.09. The van der Waals surface area contributed by atoms with Gasteiger partial charge in [-0.25, -0.2) is 0 Å². The highest BCUT2D eigenvalue weighted by Gasteiger charge is 2.06. The maximum atomic E-state index is 9.25. The molecule has 0 spiro atoms. The molecule has 2 heteroatoms. The van der Waals surface area contributed by atoms with Crippen molar-refractivity contribution in [1.82, 2.24) is 0 Å². The first-order valence-corrected chi connectivity index (χ1v) is 7.71. The third kappa shape index (κ3) is 9.48. The van der Waals surface area contributed by atoms with Gasteiger partial charge in [0.1, 0.15) is 5.60 Å².